The second-order valence-electron chi connectivity index (χ2n) is 5.62. The number of hydrogen-bond donors (Lipinski definition) is 1. The average molecular weight is 261 g/mol. The summed E-state index contributed by atoms with van der Waals surface area (Å²) in [6.45, 7) is 1.32. The van der Waals surface area contributed by atoms with Crippen molar-refractivity contribution in [1.82, 2.24) is 4.31 Å². The van der Waals surface area contributed by atoms with E-state index < -0.39 is 10.0 Å². The Kier molecular flexibility index (Phi) is 4.10. The minimum atomic E-state index is -3.04. The highest BCUT2D eigenvalue weighted by Crippen LogP contribution is 2.34. The van der Waals surface area contributed by atoms with Gasteiger partial charge in [0.25, 0.3) is 0 Å². The SMILES string of the molecule is CS(=O)(=O)N1CCCC(CC2CCCC2O)C1. The van der Waals surface area contributed by atoms with Gasteiger partial charge >= 0.3 is 0 Å². The molecule has 17 heavy (non-hydrogen) atoms. The fraction of sp³-hybridized carbons (Fsp3) is 1.00. The topological polar surface area (TPSA) is 57.6 Å². The van der Waals surface area contributed by atoms with Gasteiger partial charge in [-0.25, -0.2) is 12.7 Å². The van der Waals surface area contributed by atoms with Gasteiger partial charge in [-0.3, -0.25) is 0 Å². The number of sulfonamides is 1. The van der Waals surface area contributed by atoms with Crippen molar-refractivity contribution < 1.29 is 13.5 Å². The van der Waals surface area contributed by atoms with E-state index in [-0.39, 0.29) is 6.10 Å². The van der Waals surface area contributed by atoms with Crippen LogP contribution in [0.2, 0.25) is 0 Å². The molecule has 1 aliphatic carbocycles. The van der Waals surface area contributed by atoms with Gasteiger partial charge in [0.15, 0.2) is 0 Å². The van der Waals surface area contributed by atoms with Gasteiger partial charge in [0.05, 0.1) is 12.4 Å². The molecule has 4 nitrogen and oxygen atoms in total. The molecule has 0 aromatic heterocycles. The van der Waals surface area contributed by atoms with Crippen LogP contribution in [-0.4, -0.2) is 43.3 Å². The lowest BCUT2D eigenvalue weighted by atomic mass is 9.87. The van der Waals surface area contributed by atoms with Crippen molar-refractivity contribution in [2.45, 2.75) is 44.6 Å². The molecule has 0 aromatic carbocycles. The molecule has 1 N–H and O–H groups in total. The number of rotatable bonds is 3. The average Bonchev–Trinajstić information content (AvgIpc) is 2.64. The van der Waals surface area contributed by atoms with Crippen LogP contribution in [-0.2, 0) is 10.0 Å². The molecule has 1 heterocycles. The molecule has 0 aromatic rings. The highest BCUT2D eigenvalue weighted by Gasteiger charge is 2.31. The van der Waals surface area contributed by atoms with Gasteiger partial charge in [0, 0.05) is 13.1 Å². The lowest BCUT2D eigenvalue weighted by molar-refractivity contribution is 0.107. The van der Waals surface area contributed by atoms with Gasteiger partial charge in [0.2, 0.25) is 10.0 Å². The Balaban J connectivity index is 1.89. The van der Waals surface area contributed by atoms with Crippen LogP contribution in [0.3, 0.4) is 0 Å². The largest absolute Gasteiger partial charge is 0.393 e. The number of nitrogens with zero attached hydrogens (tertiary/aromatic N) is 1. The standard InChI is InChI=1S/C12H23NO3S/c1-17(15,16)13-7-3-4-10(9-13)8-11-5-2-6-12(11)14/h10-12,14H,2-9H2,1H3. The van der Waals surface area contributed by atoms with Crippen molar-refractivity contribution in [3.05, 3.63) is 0 Å². The molecule has 2 fully saturated rings. The Labute approximate surface area is 104 Å². The third-order valence-electron chi connectivity index (χ3n) is 4.21. The molecule has 0 radical (unpaired) electrons. The minimum Gasteiger partial charge on any atom is -0.393 e. The molecule has 100 valence electrons. The highest BCUT2D eigenvalue weighted by molar-refractivity contribution is 7.88. The van der Waals surface area contributed by atoms with Gasteiger partial charge in [-0.05, 0) is 43.9 Å². The molecule has 1 saturated heterocycles. The summed E-state index contributed by atoms with van der Waals surface area (Å²) >= 11 is 0. The number of aliphatic hydroxyl groups is 1. The van der Waals surface area contributed by atoms with Crippen LogP contribution in [0.15, 0.2) is 0 Å². The van der Waals surface area contributed by atoms with E-state index in [4.69, 9.17) is 0 Å². The van der Waals surface area contributed by atoms with E-state index in [1.807, 2.05) is 0 Å². The van der Waals surface area contributed by atoms with E-state index in [1.165, 1.54) is 6.26 Å². The first-order valence-corrected chi connectivity index (χ1v) is 8.45. The zero-order valence-corrected chi connectivity index (χ0v) is 11.3. The number of hydrogen-bond acceptors (Lipinski definition) is 3. The maximum Gasteiger partial charge on any atom is 0.211 e. The summed E-state index contributed by atoms with van der Waals surface area (Å²) in [6, 6.07) is 0. The Morgan fingerprint density at radius 1 is 1.24 bits per heavy atom. The van der Waals surface area contributed by atoms with Gasteiger partial charge in [-0.2, -0.15) is 0 Å². The quantitative estimate of drug-likeness (QED) is 0.831. The molecular weight excluding hydrogens is 238 g/mol. The van der Waals surface area contributed by atoms with E-state index in [0.29, 0.717) is 24.9 Å². The summed E-state index contributed by atoms with van der Waals surface area (Å²) in [7, 11) is -3.04. The summed E-state index contributed by atoms with van der Waals surface area (Å²) in [5.74, 6) is 0.843. The lowest BCUT2D eigenvalue weighted by Crippen LogP contribution is -2.40. The predicted octanol–water partition coefficient (Wildman–Crippen LogP) is 1.21. The zero-order valence-electron chi connectivity index (χ0n) is 10.5. The maximum absolute atomic E-state index is 11.5. The van der Waals surface area contributed by atoms with E-state index in [2.05, 4.69) is 0 Å². The second kappa shape index (κ2) is 5.24. The second-order valence-corrected chi connectivity index (χ2v) is 7.61. The summed E-state index contributed by atoms with van der Waals surface area (Å²) in [6.07, 6.45) is 7.35. The molecule has 0 bridgehead atoms. The van der Waals surface area contributed by atoms with Crippen LogP contribution in [0.5, 0.6) is 0 Å². The highest BCUT2D eigenvalue weighted by atomic mass is 32.2. The normalized spacial score (nSPS) is 36.2. The third-order valence-corrected chi connectivity index (χ3v) is 5.48. The minimum absolute atomic E-state index is 0.149. The Morgan fingerprint density at radius 2 is 2.00 bits per heavy atom. The van der Waals surface area contributed by atoms with Crippen molar-refractivity contribution in [1.29, 1.82) is 0 Å². The fourth-order valence-electron chi connectivity index (χ4n) is 3.24. The fourth-order valence-corrected chi connectivity index (χ4v) is 4.18. The van der Waals surface area contributed by atoms with Gasteiger partial charge in [0.1, 0.15) is 0 Å². The van der Waals surface area contributed by atoms with Gasteiger partial charge in [-0.15, -0.1) is 0 Å². The summed E-state index contributed by atoms with van der Waals surface area (Å²) in [4.78, 5) is 0. The van der Waals surface area contributed by atoms with E-state index in [9.17, 15) is 13.5 Å². The van der Waals surface area contributed by atoms with Crippen molar-refractivity contribution in [2.75, 3.05) is 19.3 Å². The Bertz CT molecular complexity index is 355. The van der Waals surface area contributed by atoms with Crippen LogP contribution >= 0.6 is 0 Å². The zero-order chi connectivity index (χ0) is 12.5. The molecule has 0 spiro atoms. The van der Waals surface area contributed by atoms with Crippen LogP contribution < -0.4 is 0 Å². The molecular formula is C12H23NO3S. The molecule has 5 heteroatoms. The molecule has 2 rings (SSSR count). The molecule has 0 amide bonds. The molecule has 1 aliphatic heterocycles. The third kappa shape index (κ3) is 3.42. The first-order valence-electron chi connectivity index (χ1n) is 6.60. The first-order chi connectivity index (χ1) is 7.97. The number of piperidine rings is 1. The van der Waals surface area contributed by atoms with Crippen LogP contribution in [0.4, 0.5) is 0 Å². The predicted molar refractivity (Wildman–Crippen MR) is 67.1 cm³/mol. The van der Waals surface area contributed by atoms with Crippen molar-refractivity contribution in [3.63, 3.8) is 0 Å². The van der Waals surface area contributed by atoms with E-state index in [1.54, 1.807) is 4.31 Å². The molecule has 1 saturated carbocycles. The monoisotopic (exact) mass is 261 g/mol. The van der Waals surface area contributed by atoms with Crippen LogP contribution in [0.25, 0.3) is 0 Å². The van der Waals surface area contributed by atoms with Crippen molar-refractivity contribution in [3.8, 4) is 0 Å². The molecule has 3 unspecified atom stereocenters. The van der Waals surface area contributed by atoms with Crippen LogP contribution in [0, 0.1) is 11.8 Å². The molecule has 2 aliphatic rings. The Morgan fingerprint density at radius 3 is 2.59 bits per heavy atom. The van der Waals surface area contributed by atoms with E-state index >= 15 is 0 Å². The maximum atomic E-state index is 11.5. The van der Waals surface area contributed by atoms with Crippen LogP contribution in [0.1, 0.15) is 38.5 Å². The lowest BCUT2D eigenvalue weighted by Gasteiger charge is -2.32. The van der Waals surface area contributed by atoms with Gasteiger partial charge < -0.3 is 5.11 Å². The smallest absolute Gasteiger partial charge is 0.211 e. The first kappa shape index (κ1) is 13.3. The van der Waals surface area contributed by atoms with E-state index in [0.717, 1.165) is 38.5 Å². The number of aliphatic hydroxyl groups excluding tert-OH is 1. The molecule has 3 atom stereocenters. The summed E-state index contributed by atoms with van der Waals surface area (Å²) in [5, 5.41) is 9.81. The van der Waals surface area contributed by atoms with Crippen molar-refractivity contribution in [2.24, 2.45) is 11.8 Å². The Hall–Kier alpha value is -0.130. The summed E-state index contributed by atoms with van der Waals surface area (Å²) < 4.78 is 24.6. The van der Waals surface area contributed by atoms with Gasteiger partial charge in [-0.1, -0.05) is 6.42 Å². The summed E-state index contributed by atoms with van der Waals surface area (Å²) in [5.41, 5.74) is 0. The van der Waals surface area contributed by atoms with Crippen molar-refractivity contribution >= 4 is 10.0 Å².